The molecule has 1 unspecified atom stereocenters. The van der Waals surface area contributed by atoms with Gasteiger partial charge >= 0.3 is 0 Å². The van der Waals surface area contributed by atoms with Gasteiger partial charge in [0.25, 0.3) is 0 Å². The van der Waals surface area contributed by atoms with E-state index in [1.54, 1.807) is 7.11 Å². The first kappa shape index (κ1) is 14.3. The first-order valence-electron chi connectivity index (χ1n) is 7.21. The molecule has 0 radical (unpaired) electrons. The fourth-order valence-corrected chi connectivity index (χ4v) is 2.67. The summed E-state index contributed by atoms with van der Waals surface area (Å²) in [7, 11) is 1.72. The van der Waals surface area contributed by atoms with Crippen LogP contribution in [0.3, 0.4) is 0 Å². The second-order valence-electron chi connectivity index (χ2n) is 5.39. The molecule has 1 aromatic heterocycles. The zero-order chi connectivity index (χ0) is 13.7. The highest BCUT2D eigenvalue weighted by molar-refractivity contribution is 5.29. The molecule has 19 heavy (non-hydrogen) atoms. The number of hydrogen-bond acceptors (Lipinski definition) is 4. The van der Waals surface area contributed by atoms with Gasteiger partial charge in [-0.2, -0.15) is 0 Å². The molecule has 2 heterocycles. The van der Waals surface area contributed by atoms with Crippen molar-refractivity contribution in [2.75, 3.05) is 45.2 Å². The Morgan fingerprint density at radius 3 is 2.84 bits per heavy atom. The van der Waals surface area contributed by atoms with Crippen LogP contribution in [0.5, 0.6) is 0 Å². The molecule has 0 saturated carbocycles. The van der Waals surface area contributed by atoms with E-state index < -0.39 is 0 Å². The van der Waals surface area contributed by atoms with Crippen LogP contribution in [-0.2, 0) is 4.74 Å². The molecule has 1 aliphatic rings. The predicted octanol–water partition coefficient (Wildman–Crippen LogP) is 1.91. The quantitative estimate of drug-likeness (QED) is 0.766. The third kappa shape index (κ3) is 3.94. The van der Waals surface area contributed by atoms with Gasteiger partial charge in [0.2, 0.25) is 5.95 Å². The van der Waals surface area contributed by atoms with Crippen LogP contribution >= 0.6 is 0 Å². The fourth-order valence-electron chi connectivity index (χ4n) is 2.67. The van der Waals surface area contributed by atoms with Crippen LogP contribution in [0.1, 0.15) is 31.5 Å². The number of nitrogens with zero attached hydrogens (tertiary/aromatic N) is 3. The monoisotopic (exact) mass is 266 g/mol. The van der Waals surface area contributed by atoms with E-state index in [0.29, 0.717) is 12.6 Å². The smallest absolute Gasteiger partial charge is 0.203 e. The van der Waals surface area contributed by atoms with Crippen LogP contribution in [0.25, 0.3) is 0 Å². The van der Waals surface area contributed by atoms with Gasteiger partial charge in [-0.15, -0.1) is 0 Å². The van der Waals surface area contributed by atoms with Crippen LogP contribution in [0.4, 0.5) is 5.95 Å². The van der Waals surface area contributed by atoms with Gasteiger partial charge < -0.3 is 19.5 Å². The Hall–Kier alpha value is -1.07. The topological polar surface area (TPSA) is 42.3 Å². The van der Waals surface area contributed by atoms with Crippen molar-refractivity contribution in [2.24, 2.45) is 0 Å². The van der Waals surface area contributed by atoms with Crippen molar-refractivity contribution in [2.45, 2.75) is 32.7 Å². The maximum absolute atomic E-state index is 5.07. The van der Waals surface area contributed by atoms with Crippen molar-refractivity contribution in [3.8, 4) is 0 Å². The highest BCUT2D eigenvalue weighted by Crippen LogP contribution is 2.19. The van der Waals surface area contributed by atoms with Crippen molar-refractivity contribution in [3.63, 3.8) is 0 Å². The van der Waals surface area contributed by atoms with Gasteiger partial charge in [-0.05, 0) is 39.8 Å². The lowest BCUT2D eigenvalue weighted by Gasteiger charge is -2.22. The zero-order valence-electron chi connectivity index (χ0n) is 12.4. The summed E-state index contributed by atoms with van der Waals surface area (Å²) in [6.45, 7) is 9.39. The first-order chi connectivity index (χ1) is 9.20. The molecule has 1 N–H and O–H groups in total. The lowest BCUT2D eigenvalue weighted by Crippen LogP contribution is -2.27. The van der Waals surface area contributed by atoms with Crippen LogP contribution in [0, 0.1) is 6.92 Å². The fraction of sp³-hybridized carbons (Fsp3) is 0.786. The molecular weight excluding hydrogens is 240 g/mol. The molecule has 5 heteroatoms. The number of ether oxygens (including phenoxy) is 1. The Balaban J connectivity index is 1.96. The maximum Gasteiger partial charge on any atom is 0.203 e. The Morgan fingerprint density at radius 1 is 1.42 bits per heavy atom. The summed E-state index contributed by atoms with van der Waals surface area (Å²) in [5.74, 6) is 0.959. The third-order valence-corrected chi connectivity index (χ3v) is 3.64. The first-order valence-corrected chi connectivity index (χ1v) is 7.21. The number of hydrogen-bond donors (Lipinski definition) is 1. The van der Waals surface area contributed by atoms with E-state index >= 15 is 0 Å². The summed E-state index contributed by atoms with van der Waals surface area (Å²) in [6.07, 6.45) is 4.82. The minimum atomic E-state index is 0.448. The van der Waals surface area contributed by atoms with E-state index in [2.05, 4.69) is 32.9 Å². The molecule has 0 bridgehead atoms. The van der Waals surface area contributed by atoms with Crippen molar-refractivity contribution in [1.29, 1.82) is 0 Å². The SMILES string of the molecule is COCCNc1nc(C)cn1C(C)CN1CCCC1. The largest absolute Gasteiger partial charge is 0.383 e. The molecule has 5 nitrogen and oxygen atoms in total. The van der Waals surface area contributed by atoms with Crippen LogP contribution in [-0.4, -0.2) is 54.3 Å². The van der Waals surface area contributed by atoms with Gasteiger partial charge in [-0.3, -0.25) is 0 Å². The summed E-state index contributed by atoms with van der Waals surface area (Å²) in [4.78, 5) is 7.10. The molecule has 1 fully saturated rings. The number of rotatable bonds is 7. The Kier molecular flexibility index (Phi) is 5.22. The molecular formula is C14H26N4O. The molecule has 1 aromatic rings. The summed E-state index contributed by atoms with van der Waals surface area (Å²) in [5, 5.41) is 3.35. The summed E-state index contributed by atoms with van der Waals surface area (Å²) >= 11 is 0. The van der Waals surface area contributed by atoms with Gasteiger partial charge in [0.05, 0.1) is 12.3 Å². The van der Waals surface area contributed by atoms with E-state index in [1.807, 2.05) is 6.92 Å². The van der Waals surface area contributed by atoms with E-state index in [1.165, 1.54) is 25.9 Å². The second-order valence-corrected chi connectivity index (χ2v) is 5.39. The Labute approximate surface area is 116 Å². The van der Waals surface area contributed by atoms with Crippen LogP contribution in [0.2, 0.25) is 0 Å². The molecule has 108 valence electrons. The van der Waals surface area contributed by atoms with E-state index in [0.717, 1.165) is 24.7 Å². The number of aromatic nitrogens is 2. The maximum atomic E-state index is 5.07. The van der Waals surface area contributed by atoms with Crippen LogP contribution in [0.15, 0.2) is 6.20 Å². The number of imidazole rings is 1. The molecule has 0 aromatic carbocycles. The van der Waals surface area contributed by atoms with Gasteiger partial charge in [-0.1, -0.05) is 0 Å². The van der Waals surface area contributed by atoms with Crippen LogP contribution < -0.4 is 5.32 Å². The third-order valence-electron chi connectivity index (χ3n) is 3.64. The molecule has 0 aliphatic carbocycles. The molecule has 1 saturated heterocycles. The normalized spacial score (nSPS) is 17.8. The highest BCUT2D eigenvalue weighted by Gasteiger charge is 2.17. The lowest BCUT2D eigenvalue weighted by atomic mass is 10.3. The van der Waals surface area contributed by atoms with E-state index in [4.69, 9.17) is 4.74 Å². The minimum absolute atomic E-state index is 0.448. The van der Waals surface area contributed by atoms with E-state index in [9.17, 15) is 0 Å². The van der Waals surface area contributed by atoms with E-state index in [-0.39, 0.29) is 0 Å². The summed E-state index contributed by atoms with van der Waals surface area (Å²) < 4.78 is 7.32. The number of nitrogens with one attached hydrogen (secondary N) is 1. The lowest BCUT2D eigenvalue weighted by molar-refractivity contribution is 0.210. The molecule has 1 atom stereocenters. The molecule has 1 aliphatic heterocycles. The van der Waals surface area contributed by atoms with Crippen molar-refractivity contribution >= 4 is 5.95 Å². The van der Waals surface area contributed by atoms with Crippen molar-refractivity contribution < 1.29 is 4.74 Å². The van der Waals surface area contributed by atoms with Gasteiger partial charge in [0.1, 0.15) is 0 Å². The van der Waals surface area contributed by atoms with Gasteiger partial charge in [0.15, 0.2) is 0 Å². The number of methoxy groups -OCH3 is 1. The number of likely N-dealkylation sites (tertiary alicyclic amines) is 1. The Bertz CT molecular complexity index is 385. The highest BCUT2D eigenvalue weighted by atomic mass is 16.5. The zero-order valence-corrected chi connectivity index (χ0v) is 12.4. The molecule has 0 amide bonds. The number of anilines is 1. The van der Waals surface area contributed by atoms with Crippen molar-refractivity contribution in [3.05, 3.63) is 11.9 Å². The van der Waals surface area contributed by atoms with Gasteiger partial charge in [-0.25, -0.2) is 4.98 Å². The summed E-state index contributed by atoms with van der Waals surface area (Å²) in [5.41, 5.74) is 1.06. The van der Waals surface area contributed by atoms with Crippen molar-refractivity contribution in [1.82, 2.24) is 14.5 Å². The standard InChI is InChI=1S/C14H26N4O/c1-12-10-18(14(16-12)15-6-9-19-3)13(2)11-17-7-4-5-8-17/h10,13H,4-9,11H2,1-3H3,(H,15,16). The second kappa shape index (κ2) is 6.91. The van der Waals surface area contributed by atoms with Gasteiger partial charge in [0, 0.05) is 32.4 Å². The number of aryl methyl sites for hydroxylation is 1. The Morgan fingerprint density at radius 2 is 2.16 bits per heavy atom. The minimum Gasteiger partial charge on any atom is -0.383 e. The predicted molar refractivity (Wildman–Crippen MR) is 77.7 cm³/mol. The average Bonchev–Trinajstić information content (AvgIpc) is 2.99. The summed E-state index contributed by atoms with van der Waals surface area (Å²) in [6, 6.07) is 0.448. The molecule has 2 rings (SSSR count). The average molecular weight is 266 g/mol. The molecule has 0 spiro atoms.